The molecule has 0 aliphatic rings. The van der Waals surface area contributed by atoms with Crippen LogP contribution >= 0.6 is 0 Å². The van der Waals surface area contributed by atoms with Crippen LogP contribution in [-0.2, 0) is 0 Å². The zero-order valence-electron chi connectivity index (χ0n) is 8.54. The second-order valence-electron chi connectivity index (χ2n) is 3.11. The maximum atomic E-state index is 11.6. The third-order valence-electron chi connectivity index (χ3n) is 1.96. The van der Waals surface area contributed by atoms with Gasteiger partial charge in [-0.05, 0) is 13.0 Å². The highest BCUT2D eigenvalue weighted by atomic mass is 16.3. The molecule has 0 heterocycles. The summed E-state index contributed by atoms with van der Waals surface area (Å²) < 4.78 is 0. The number of carbonyl (C=O) groups excluding carboxylic acids is 2. The Kier molecular flexibility index (Phi) is 4.00. The lowest BCUT2D eigenvalue weighted by Crippen LogP contribution is -2.27. The van der Waals surface area contributed by atoms with Crippen molar-refractivity contribution in [1.29, 1.82) is 0 Å². The van der Waals surface area contributed by atoms with E-state index in [9.17, 15) is 9.59 Å². The SMILES string of the molecule is CC(=O)c1ccccc1C(=O)NCC[OH2+]. The molecule has 0 aliphatic heterocycles. The fraction of sp³-hybridized carbons (Fsp3) is 0.273. The van der Waals surface area contributed by atoms with Crippen LogP contribution in [0, 0.1) is 0 Å². The van der Waals surface area contributed by atoms with Gasteiger partial charge in [-0.1, -0.05) is 18.2 Å². The predicted molar refractivity (Wildman–Crippen MR) is 57.3 cm³/mol. The van der Waals surface area contributed by atoms with Gasteiger partial charge in [0.2, 0.25) is 0 Å². The van der Waals surface area contributed by atoms with Crippen LogP contribution in [0.2, 0.25) is 0 Å². The molecule has 1 rings (SSSR count). The van der Waals surface area contributed by atoms with E-state index in [4.69, 9.17) is 5.11 Å². The first-order valence-electron chi connectivity index (χ1n) is 4.69. The van der Waals surface area contributed by atoms with Crippen LogP contribution in [0.1, 0.15) is 27.6 Å². The summed E-state index contributed by atoms with van der Waals surface area (Å²) in [6.07, 6.45) is 0. The van der Waals surface area contributed by atoms with E-state index in [0.29, 0.717) is 17.7 Å². The second kappa shape index (κ2) is 5.26. The van der Waals surface area contributed by atoms with Crippen LogP contribution in [0.3, 0.4) is 0 Å². The van der Waals surface area contributed by atoms with Gasteiger partial charge >= 0.3 is 0 Å². The Morgan fingerprint density at radius 1 is 1.27 bits per heavy atom. The van der Waals surface area contributed by atoms with Crippen molar-refractivity contribution < 1.29 is 14.7 Å². The summed E-state index contributed by atoms with van der Waals surface area (Å²) in [6, 6.07) is 6.66. The van der Waals surface area contributed by atoms with E-state index >= 15 is 0 Å². The van der Waals surface area contributed by atoms with Gasteiger partial charge in [0.05, 0.1) is 12.1 Å². The van der Waals surface area contributed by atoms with Gasteiger partial charge in [0.25, 0.3) is 5.91 Å². The number of carbonyl (C=O) groups is 2. The third-order valence-corrected chi connectivity index (χ3v) is 1.96. The predicted octanol–water partition coefficient (Wildman–Crippen LogP) is 0.344. The number of hydrogen-bond acceptors (Lipinski definition) is 2. The van der Waals surface area contributed by atoms with E-state index in [-0.39, 0.29) is 18.3 Å². The molecule has 0 aromatic heterocycles. The van der Waals surface area contributed by atoms with Crippen LogP contribution in [0.4, 0.5) is 0 Å². The topological polar surface area (TPSA) is 69.1 Å². The number of rotatable bonds is 4. The summed E-state index contributed by atoms with van der Waals surface area (Å²) in [6.45, 7) is 1.86. The molecule has 0 fully saturated rings. The average molecular weight is 208 g/mol. The van der Waals surface area contributed by atoms with Gasteiger partial charge < -0.3 is 10.4 Å². The lowest BCUT2D eigenvalue weighted by atomic mass is 10.0. The van der Waals surface area contributed by atoms with Gasteiger partial charge in [0, 0.05) is 5.56 Å². The van der Waals surface area contributed by atoms with Crippen molar-refractivity contribution in [3.8, 4) is 0 Å². The van der Waals surface area contributed by atoms with Crippen molar-refractivity contribution in [3.63, 3.8) is 0 Å². The lowest BCUT2D eigenvalue weighted by molar-refractivity contribution is 0.0931. The average Bonchev–Trinajstić information content (AvgIpc) is 2.25. The molecule has 1 amide bonds. The highest BCUT2D eigenvalue weighted by molar-refractivity contribution is 6.07. The molecule has 15 heavy (non-hydrogen) atoms. The first kappa shape index (κ1) is 11.4. The van der Waals surface area contributed by atoms with Crippen molar-refractivity contribution in [3.05, 3.63) is 35.4 Å². The number of nitrogens with one attached hydrogen (secondary N) is 1. The zero-order valence-corrected chi connectivity index (χ0v) is 8.54. The van der Waals surface area contributed by atoms with E-state index in [1.807, 2.05) is 0 Å². The maximum Gasteiger partial charge on any atom is 0.252 e. The molecule has 0 saturated heterocycles. The van der Waals surface area contributed by atoms with Gasteiger partial charge in [-0.25, -0.2) is 0 Å². The van der Waals surface area contributed by atoms with E-state index in [1.54, 1.807) is 24.3 Å². The van der Waals surface area contributed by atoms with Crippen LogP contribution in [0.5, 0.6) is 0 Å². The largest absolute Gasteiger partial charge is 0.444 e. The first-order chi connectivity index (χ1) is 7.16. The molecule has 0 bridgehead atoms. The molecule has 4 nitrogen and oxygen atoms in total. The Bertz CT molecular complexity index is 374. The normalized spacial score (nSPS) is 9.73. The summed E-state index contributed by atoms with van der Waals surface area (Å²) in [5.74, 6) is -0.431. The Labute approximate surface area is 87.9 Å². The summed E-state index contributed by atoms with van der Waals surface area (Å²) in [7, 11) is 0. The third kappa shape index (κ3) is 2.89. The minimum atomic E-state index is -0.298. The zero-order chi connectivity index (χ0) is 11.3. The van der Waals surface area contributed by atoms with Crippen LogP contribution in [-0.4, -0.2) is 29.9 Å². The lowest BCUT2D eigenvalue weighted by Gasteiger charge is -2.05. The molecule has 0 saturated carbocycles. The van der Waals surface area contributed by atoms with Crippen molar-refractivity contribution in [2.24, 2.45) is 0 Å². The number of hydrogen-bond donors (Lipinski definition) is 1. The minimum Gasteiger partial charge on any atom is -0.444 e. The molecule has 1 aromatic rings. The standard InChI is InChI=1S/C11H13NO3/c1-8(14)9-4-2-3-5-10(9)11(15)12-6-7-13/h2-5,13H,6-7H2,1H3,(H,12,15)/p+1. The monoisotopic (exact) mass is 208 g/mol. The van der Waals surface area contributed by atoms with E-state index < -0.39 is 0 Å². The van der Waals surface area contributed by atoms with Crippen molar-refractivity contribution >= 4 is 11.7 Å². The molecule has 0 atom stereocenters. The van der Waals surface area contributed by atoms with Gasteiger partial charge in [-0.15, -0.1) is 0 Å². The fourth-order valence-corrected chi connectivity index (χ4v) is 1.26. The summed E-state index contributed by atoms with van der Waals surface area (Å²) >= 11 is 0. The highest BCUT2D eigenvalue weighted by Crippen LogP contribution is 2.09. The Hall–Kier alpha value is -1.68. The van der Waals surface area contributed by atoms with Gasteiger partial charge in [0.15, 0.2) is 12.4 Å². The summed E-state index contributed by atoms with van der Waals surface area (Å²) in [5, 5.41) is 9.48. The second-order valence-corrected chi connectivity index (χ2v) is 3.11. The van der Waals surface area contributed by atoms with E-state index in [0.717, 1.165) is 0 Å². The first-order valence-corrected chi connectivity index (χ1v) is 4.69. The van der Waals surface area contributed by atoms with Gasteiger partial charge in [-0.2, -0.15) is 0 Å². The Morgan fingerprint density at radius 2 is 1.87 bits per heavy atom. The maximum absolute atomic E-state index is 11.6. The number of amides is 1. The van der Waals surface area contributed by atoms with Crippen LogP contribution in [0.15, 0.2) is 24.3 Å². The van der Waals surface area contributed by atoms with Crippen LogP contribution in [0.25, 0.3) is 0 Å². The molecule has 4 heteroatoms. The quantitative estimate of drug-likeness (QED) is 0.572. The molecular formula is C11H14NO3+. The molecular weight excluding hydrogens is 194 g/mol. The smallest absolute Gasteiger partial charge is 0.252 e. The number of ketones is 1. The minimum absolute atomic E-state index is 0.133. The summed E-state index contributed by atoms with van der Waals surface area (Å²) in [5.41, 5.74) is 0.790. The van der Waals surface area contributed by atoms with Crippen LogP contribution < -0.4 is 5.32 Å². The molecule has 0 unspecified atom stereocenters. The number of Topliss-reactive ketones (excluding diaryl/α,β-unsaturated/α-hetero) is 1. The summed E-state index contributed by atoms with van der Waals surface area (Å²) in [4.78, 5) is 22.8. The molecule has 3 N–H and O–H groups in total. The molecule has 80 valence electrons. The fourth-order valence-electron chi connectivity index (χ4n) is 1.26. The molecule has 1 aromatic carbocycles. The van der Waals surface area contributed by atoms with Crippen molar-refractivity contribution in [1.82, 2.24) is 5.32 Å². The van der Waals surface area contributed by atoms with E-state index in [1.165, 1.54) is 6.92 Å². The van der Waals surface area contributed by atoms with Gasteiger partial charge in [-0.3, -0.25) is 9.59 Å². The van der Waals surface area contributed by atoms with Crippen molar-refractivity contribution in [2.45, 2.75) is 6.92 Å². The Morgan fingerprint density at radius 3 is 2.40 bits per heavy atom. The van der Waals surface area contributed by atoms with E-state index in [2.05, 4.69) is 5.32 Å². The molecule has 0 aliphatic carbocycles. The molecule has 0 radical (unpaired) electrons. The number of benzene rings is 1. The Balaban J connectivity index is 2.92. The highest BCUT2D eigenvalue weighted by Gasteiger charge is 2.12. The molecule has 0 spiro atoms. The van der Waals surface area contributed by atoms with Crippen molar-refractivity contribution in [2.75, 3.05) is 13.2 Å². The van der Waals surface area contributed by atoms with Gasteiger partial charge in [0.1, 0.15) is 0 Å².